The number of unbranched alkanes of at least 4 members (excludes halogenated alkanes) is 3. The molecule has 3 heterocycles. The maximum absolute atomic E-state index is 14.4. The van der Waals surface area contributed by atoms with Gasteiger partial charge in [0.05, 0.1) is 16.6 Å². The molecule has 2 N–H and O–H groups in total. The standard InChI is InChI=1S/C27H36N2O5S/c1-4-13-28(19-16-17(2)9-10-18(19)3)25(32)23-27-12-11-20(35-27)21(26(33)34)22(27)24(31)29(23)14-7-5-6-8-15-30/h4,9-10,16,20-23,30H,1,5-8,11-15H2,2-3H3,(H,33,34)/t20-,21+,22+,23?,27?/m1/s1. The number of carboxylic acids is 1. The quantitative estimate of drug-likeness (QED) is 0.356. The number of aliphatic hydroxyl groups is 1. The number of anilines is 1. The summed E-state index contributed by atoms with van der Waals surface area (Å²) in [5, 5.41) is 19.0. The molecule has 3 saturated heterocycles. The summed E-state index contributed by atoms with van der Waals surface area (Å²) in [6.07, 6.45) is 6.21. The van der Waals surface area contributed by atoms with Gasteiger partial charge in [-0.25, -0.2) is 0 Å². The van der Waals surface area contributed by atoms with E-state index in [0.29, 0.717) is 32.4 Å². The van der Waals surface area contributed by atoms with Gasteiger partial charge >= 0.3 is 5.97 Å². The Balaban J connectivity index is 1.72. The van der Waals surface area contributed by atoms with E-state index in [9.17, 15) is 19.5 Å². The number of aliphatic carboxylic acids is 1. The maximum atomic E-state index is 14.4. The number of hydrogen-bond acceptors (Lipinski definition) is 5. The second-order valence-electron chi connectivity index (χ2n) is 10.1. The van der Waals surface area contributed by atoms with Crippen molar-refractivity contribution in [2.24, 2.45) is 11.8 Å². The van der Waals surface area contributed by atoms with Crippen LogP contribution in [0.25, 0.3) is 0 Å². The number of thioether (sulfide) groups is 1. The van der Waals surface area contributed by atoms with Crippen LogP contribution in [0.15, 0.2) is 30.9 Å². The molecule has 3 aliphatic heterocycles. The number of likely N-dealkylation sites (tertiary alicyclic amines) is 1. The Hall–Kier alpha value is -2.32. The van der Waals surface area contributed by atoms with Gasteiger partial charge in [-0.15, -0.1) is 18.3 Å². The zero-order valence-electron chi connectivity index (χ0n) is 20.6. The molecule has 1 aromatic carbocycles. The van der Waals surface area contributed by atoms with Crippen LogP contribution in [-0.4, -0.2) is 68.6 Å². The molecular weight excluding hydrogens is 464 g/mol. The minimum Gasteiger partial charge on any atom is -0.481 e. The normalized spacial score (nSPS) is 28.9. The molecule has 7 nitrogen and oxygen atoms in total. The van der Waals surface area contributed by atoms with E-state index in [-0.39, 0.29) is 23.7 Å². The van der Waals surface area contributed by atoms with Gasteiger partial charge < -0.3 is 20.0 Å². The number of aliphatic hydroxyl groups excluding tert-OH is 1. The van der Waals surface area contributed by atoms with Crippen LogP contribution < -0.4 is 4.90 Å². The summed E-state index contributed by atoms with van der Waals surface area (Å²) in [5.41, 5.74) is 2.80. The molecule has 2 amide bonds. The first-order valence-electron chi connectivity index (χ1n) is 12.6. The topological polar surface area (TPSA) is 98.2 Å². The minimum atomic E-state index is -0.934. The zero-order valence-corrected chi connectivity index (χ0v) is 21.4. The molecular formula is C27H36N2O5S. The monoisotopic (exact) mass is 500 g/mol. The number of amides is 2. The van der Waals surface area contributed by atoms with Crippen LogP contribution in [0.1, 0.15) is 49.7 Å². The van der Waals surface area contributed by atoms with Gasteiger partial charge in [-0.2, -0.15) is 0 Å². The summed E-state index contributed by atoms with van der Waals surface area (Å²) in [4.78, 5) is 43.8. The largest absolute Gasteiger partial charge is 0.481 e. The molecule has 3 aliphatic rings. The van der Waals surface area contributed by atoms with E-state index in [1.165, 1.54) is 0 Å². The molecule has 2 bridgehead atoms. The highest BCUT2D eigenvalue weighted by atomic mass is 32.2. The van der Waals surface area contributed by atoms with Crippen LogP contribution >= 0.6 is 11.8 Å². The Bertz CT molecular complexity index is 1010. The molecule has 1 aromatic rings. The highest BCUT2D eigenvalue weighted by Crippen LogP contribution is 2.66. The summed E-state index contributed by atoms with van der Waals surface area (Å²) in [6, 6.07) is 5.29. The Kier molecular flexibility index (Phi) is 7.62. The van der Waals surface area contributed by atoms with Crippen LogP contribution in [0.5, 0.6) is 0 Å². The van der Waals surface area contributed by atoms with Crippen molar-refractivity contribution in [1.29, 1.82) is 0 Å². The first-order valence-corrected chi connectivity index (χ1v) is 13.5. The van der Waals surface area contributed by atoms with Crippen molar-refractivity contribution >= 4 is 35.2 Å². The Labute approximate surface area is 211 Å². The highest BCUT2D eigenvalue weighted by Gasteiger charge is 2.74. The van der Waals surface area contributed by atoms with Crippen molar-refractivity contribution in [3.05, 3.63) is 42.0 Å². The Morgan fingerprint density at radius 3 is 2.69 bits per heavy atom. The average Bonchev–Trinajstić information content (AvgIpc) is 3.46. The molecule has 1 spiro atoms. The van der Waals surface area contributed by atoms with Crippen molar-refractivity contribution in [3.63, 3.8) is 0 Å². The average molecular weight is 501 g/mol. The lowest BCUT2D eigenvalue weighted by Crippen LogP contribution is -2.55. The van der Waals surface area contributed by atoms with Crippen LogP contribution in [0, 0.1) is 25.7 Å². The number of hydrogen-bond donors (Lipinski definition) is 2. The Morgan fingerprint density at radius 1 is 1.26 bits per heavy atom. The van der Waals surface area contributed by atoms with E-state index in [0.717, 1.165) is 36.1 Å². The first-order chi connectivity index (χ1) is 16.8. The predicted octanol–water partition coefficient (Wildman–Crippen LogP) is 3.55. The first kappa shape index (κ1) is 25.8. The van der Waals surface area contributed by atoms with Crippen LogP contribution in [0.2, 0.25) is 0 Å². The number of carbonyl (C=O) groups excluding carboxylic acids is 2. The molecule has 0 radical (unpaired) electrons. The van der Waals surface area contributed by atoms with Gasteiger partial charge in [0.25, 0.3) is 5.91 Å². The summed E-state index contributed by atoms with van der Waals surface area (Å²) >= 11 is 1.57. The summed E-state index contributed by atoms with van der Waals surface area (Å²) in [6.45, 7) is 8.69. The van der Waals surface area contributed by atoms with Gasteiger partial charge in [0.2, 0.25) is 5.91 Å². The number of carboxylic acid groups (broad SMARTS) is 1. The van der Waals surface area contributed by atoms with Crippen LogP contribution in [-0.2, 0) is 14.4 Å². The number of carbonyl (C=O) groups is 3. The Morgan fingerprint density at radius 2 is 2.00 bits per heavy atom. The van der Waals surface area contributed by atoms with Gasteiger partial charge in [0.1, 0.15) is 6.04 Å². The number of benzene rings is 1. The van der Waals surface area contributed by atoms with E-state index in [2.05, 4.69) is 6.58 Å². The molecule has 8 heteroatoms. The van der Waals surface area contributed by atoms with E-state index < -0.39 is 28.6 Å². The third-order valence-corrected chi connectivity index (χ3v) is 9.81. The lowest BCUT2D eigenvalue weighted by Gasteiger charge is -2.37. The fourth-order valence-electron chi connectivity index (χ4n) is 6.30. The van der Waals surface area contributed by atoms with E-state index in [1.807, 2.05) is 32.0 Å². The molecule has 0 aliphatic carbocycles. The van der Waals surface area contributed by atoms with E-state index in [1.54, 1.807) is 27.6 Å². The molecule has 2 unspecified atom stereocenters. The van der Waals surface area contributed by atoms with Gasteiger partial charge in [-0.1, -0.05) is 31.1 Å². The summed E-state index contributed by atoms with van der Waals surface area (Å²) < 4.78 is -0.704. The zero-order chi connectivity index (χ0) is 25.3. The number of fused-ring (bicyclic) bond motifs is 1. The van der Waals surface area contributed by atoms with Crippen LogP contribution in [0.4, 0.5) is 5.69 Å². The summed E-state index contributed by atoms with van der Waals surface area (Å²) in [7, 11) is 0. The number of rotatable bonds is 11. The van der Waals surface area contributed by atoms with Crippen molar-refractivity contribution < 1.29 is 24.6 Å². The van der Waals surface area contributed by atoms with E-state index in [4.69, 9.17) is 5.11 Å². The van der Waals surface area contributed by atoms with Crippen molar-refractivity contribution in [3.8, 4) is 0 Å². The van der Waals surface area contributed by atoms with Gasteiger partial charge in [-0.3, -0.25) is 14.4 Å². The molecule has 0 aromatic heterocycles. The van der Waals surface area contributed by atoms with Crippen molar-refractivity contribution in [2.45, 2.75) is 68.4 Å². The number of aryl methyl sites for hydroxylation is 2. The molecule has 35 heavy (non-hydrogen) atoms. The van der Waals surface area contributed by atoms with Gasteiger partial charge in [-0.05, 0) is 56.7 Å². The van der Waals surface area contributed by atoms with Gasteiger partial charge in [0, 0.05) is 30.6 Å². The number of nitrogens with zero attached hydrogens (tertiary/aromatic N) is 2. The highest BCUT2D eigenvalue weighted by molar-refractivity contribution is 8.02. The molecule has 0 saturated carbocycles. The molecule has 4 rings (SSSR count). The third kappa shape index (κ3) is 4.40. The SMILES string of the molecule is C=CCN(C(=O)C1N(CCCCCCO)C(=O)[C@@H]2[C@@H](C(=O)O)[C@H]3CCC12S3)c1cc(C)ccc1C. The molecule has 190 valence electrons. The second kappa shape index (κ2) is 10.3. The van der Waals surface area contributed by atoms with Crippen LogP contribution in [0.3, 0.4) is 0 Å². The molecule has 5 atom stereocenters. The second-order valence-corrected chi connectivity index (χ2v) is 11.7. The van der Waals surface area contributed by atoms with Gasteiger partial charge in [0.15, 0.2) is 0 Å². The summed E-state index contributed by atoms with van der Waals surface area (Å²) in [5.74, 6) is -2.68. The molecule has 3 fully saturated rings. The lowest BCUT2D eigenvalue weighted by atomic mass is 9.71. The fourth-order valence-corrected chi connectivity index (χ4v) is 8.50. The maximum Gasteiger partial charge on any atom is 0.308 e. The minimum absolute atomic E-state index is 0.128. The third-order valence-electron chi connectivity index (χ3n) is 7.86. The fraction of sp³-hybridized carbons (Fsp3) is 0.593. The lowest BCUT2D eigenvalue weighted by molar-refractivity contribution is -0.148. The van der Waals surface area contributed by atoms with Crippen molar-refractivity contribution in [1.82, 2.24) is 4.90 Å². The smallest absolute Gasteiger partial charge is 0.308 e. The predicted molar refractivity (Wildman–Crippen MR) is 137 cm³/mol. The van der Waals surface area contributed by atoms with E-state index >= 15 is 0 Å². The van der Waals surface area contributed by atoms with Crippen molar-refractivity contribution in [2.75, 3.05) is 24.6 Å².